The van der Waals surface area contributed by atoms with E-state index in [-0.39, 0.29) is 30.8 Å². The maximum Gasteiger partial charge on any atom is 0.222 e. The molecule has 1 aliphatic heterocycles. The summed E-state index contributed by atoms with van der Waals surface area (Å²) in [5.74, 6) is 0.716. The Kier molecular flexibility index (Phi) is 6.62. The minimum absolute atomic E-state index is 0.0437. The van der Waals surface area contributed by atoms with E-state index in [1.165, 1.54) is 20.9 Å². The third-order valence-electron chi connectivity index (χ3n) is 4.82. The van der Waals surface area contributed by atoms with Gasteiger partial charge < -0.3 is 15.0 Å². The molecule has 0 spiro atoms. The van der Waals surface area contributed by atoms with E-state index >= 15 is 0 Å². The number of fused-ring (bicyclic) bond motifs is 1. The van der Waals surface area contributed by atoms with E-state index in [9.17, 15) is 9.59 Å². The Morgan fingerprint density at radius 3 is 2.50 bits per heavy atom. The molecule has 5 nitrogen and oxygen atoms in total. The topological polar surface area (TPSA) is 58.6 Å². The standard InChI is InChI=1S/C22H26N2O3S/c1-24(2)22(26)11-10-21(25)23-14-18-13-17-12-16(6-9-20(17)27-18)15-4-7-19(28-3)8-5-15/h4-9,12,18H,10-11,13-14H2,1-3H3,(H,23,25)/t18-/m1/s1. The molecule has 0 radical (unpaired) electrons. The van der Waals surface area contributed by atoms with E-state index < -0.39 is 0 Å². The number of hydrogen-bond donors (Lipinski definition) is 1. The molecule has 1 heterocycles. The quantitative estimate of drug-likeness (QED) is 0.727. The fourth-order valence-corrected chi connectivity index (χ4v) is 3.57. The molecule has 2 amide bonds. The maximum atomic E-state index is 12.0. The average Bonchev–Trinajstić information content (AvgIpc) is 3.12. The third-order valence-corrected chi connectivity index (χ3v) is 5.56. The molecule has 2 aromatic rings. The number of nitrogens with zero attached hydrogens (tertiary/aromatic N) is 1. The first-order valence-corrected chi connectivity index (χ1v) is 10.6. The van der Waals surface area contributed by atoms with Gasteiger partial charge in [-0.15, -0.1) is 11.8 Å². The molecule has 0 saturated carbocycles. The number of amides is 2. The summed E-state index contributed by atoms with van der Waals surface area (Å²) in [6.45, 7) is 0.446. The normalized spacial score (nSPS) is 14.9. The fourth-order valence-electron chi connectivity index (χ4n) is 3.16. The van der Waals surface area contributed by atoms with Crippen LogP contribution in [0.5, 0.6) is 5.75 Å². The van der Waals surface area contributed by atoms with Crippen LogP contribution in [-0.4, -0.2) is 49.7 Å². The second kappa shape index (κ2) is 9.15. The van der Waals surface area contributed by atoms with Crippen LogP contribution in [0.2, 0.25) is 0 Å². The van der Waals surface area contributed by atoms with Gasteiger partial charge in [-0.2, -0.15) is 0 Å². The first kappa shape index (κ1) is 20.3. The molecule has 0 fully saturated rings. The van der Waals surface area contributed by atoms with Gasteiger partial charge in [-0.25, -0.2) is 0 Å². The minimum Gasteiger partial charge on any atom is -0.488 e. The molecule has 0 bridgehead atoms. The lowest BCUT2D eigenvalue weighted by molar-refractivity contribution is -0.131. The van der Waals surface area contributed by atoms with Gasteiger partial charge >= 0.3 is 0 Å². The average molecular weight is 399 g/mol. The Morgan fingerprint density at radius 2 is 1.82 bits per heavy atom. The molecule has 0 saturated heterocycles. The van der Waals surface area contributed by atoms with E-state index in [4.69, 9.17) is 4.74 Å². The molecule has 6 heteroatoms. The molecule has 148 valence electrons. The number of carbonyl (C=O) groups excluding carboxylic acids is 2. The van der Waals surface area contributed by atoms with Gasteiger partial charge in [0.2, 0.25) is 11.8 Å². The summed E-state index contributed by atoms with van der Waals surface area (Å²) in [6, 6.07) is 14.8. The Hall–Kier alpha value is -2.47. The smallest absolute Gasteiger partial charge is 0.222 e. The molecule has 0 unspecified atom stereocenters. The van der Waals surface area contributed by atoms with Gasteiger partial charge in [0.1, 0.15) is 11.9 Å². The van der Waals surface area contributed by atoms with Gasteiger partial charge in [0.15, 0.2) is 0 Å². The number of carbonyl (C=O) groups is 2. The predicted octanol–water partition coefficient (Wildman–Crippen LogP) is 3.36. The van der Waals surface area contributed by atoms with Crippen molar-refractivity contribution in [3.05, 3.63) is 48.0 Å². The lowest BCUT2D eigenvalue weighted by Crippen LogP contribution is -2.35. The van der Waals surface area contributed by atoms with Crippen molar-refractivity contribution < 1.29 is 14.3 Å². The number of hydrogen-bond acceptors (Lipinski definition) is 4. The van der Waals surface area contributed by atoms with Crippen molar-refractivity contribution in [3.63, 3.8) is 0 Å². The monoisotopic (exact) mass is 398 g/mol. The third kappa shape index (κ3) is 5.07. The van der Waals surface area contributed by atoms with E-state index in [2.05, 4.69) is 48.0 Å². The Bertz CT molecular complexity index is 849. The van der Waals surface area contributed by atoms with Crippen molar-refractivity contribution >= 4 is 23.6 Å². The zero-order valence-electron chi connectivity index (χ0n) is 16.5. The summed E-state index contributed by atoms with van der Waals surface area (Å²) in [4.78, 5) is 26.3. The van der Waals surface area contributed by atoms with Crippen LogP contribution in [0.25, 0.3) is 11.1 Å². The summed E-state index contributed by atoms with van der Waals surface area (Å²) in [7, 11) is 3.38. The summed E-state index contributed by atoms with van der Waals surface area (Å²) in [5, 5.41) is 2.88. The maximum absolute atomic E-state index is 12.0. The molecule has 1 atom stereocenters. The Labute approximate surface area is 170 Å². The van der Waals surface area contributed by atoms with Crippen LogP contribution < -0.4 is 10.1 Å². The highest BCUT2D eigenvalue weighted by Gasteiger charge is 2.23. The summed E-state index contributed by atoms with van der Waals surface area (Å²) in [5.41, 5.74) is 3.51. The molecular formula is C22H26N2O3S. The van der Waals surface area contributed by atoms with Gasteiger partial charge in [-0.05, 0) is 47.2 Å². The highest BCUT2D eigenvalue weighted by atomic mass is 32.2. The van der Waals surface area contributed by atoms with E-state index in [0.29, 0.717) is 6.54 Å². The number of benzene rings is 2. The van der Waals surface area contributed by atoms with Crippen LogP contribution in [-0.2, 0) is 16.0 Å². The predicted molar refractivity (Wildman–Crippen MR) is 113 cm³/mol. The summed E-state index contributed by atoms with van der Waals surface area (Å²) in [6.07, 6.45) is 3.19. The van der Waals surface area contributed by atoms with Crippen molar-refractivity contribution in [2.75, 3.05) is 26.9 Å². The van der Waals surface area contributed by atoms with Gasteiger partial charge in [0, 0.05) is 38.3 Å². The number of nitrogens with one attached hydrogen (secondary N) is 1. The zero-order valence-corrected chi connectivity index (χ0v) is 17.3. The van der Waals surface area contributed by atoms with Gasteiger partial charge in [-0.1, -0.05) is 18.2 Å². The zero-order chi connectivity index (χ0) is 20.1. The van der Waals surface area contributed by atoms with E-state index in [1.807, 2.05) is 6.07 Å². The molecule has 1 aliphatic rings. The van der Waals surface area contributed by atoms with Crippen molar-refractivity contribution in [3.8, 4) is 16.9 Å². The highest BCUT2D eigenvalue weighted by molar-refractivity contribution is 7.98. The lowest BCUT2D eigenvalue weighted by Gasteiger charge is -2.13. The molecule has 1 N–H and O–H groups in total. The van der Waals surface area contributed by atoms with Crippen LogP contribution in [0.3, 0.4) is 0 Å². The largest absolute Gasteiger partial charge is 0.488 e. The van der Waals surface area contributed by atoms with Crippen molar-refractivity contribution in [2.24, 2.45) is 0 Å². The molecule has 3 rings (SSSR count). The molecule has 0 aromatic heterocycles. The first-order chi connectivity index (χ1) is 13.5. The van der Waals surface area contributed by atoms with Crippen LogP contribution in [0.4, 0.5) is 0 Å². The van der Waals surface area contributed by atoms with Crippen LogP contribution in [0, 0.1) is 0 Å². The summed E-state index contributed by atoms with van der Waals surface area (Å²) >= 11 is 1.73. The van der Waals surface area contributed by atoms with E-state index in [1.54, 1.807) is 25.9 Å². The fraction of sp³-hybridized carbons (Fsp3) is 0.364. The van der Waals surface area contributed by atoms with Crippen LogP contribution in [0.15, 0.2) is 47.4 Å². The number of thioether (sulfide) groups is 1. The number of rotatable bonds is 7. The SMILES string of the molecule is CSc1ccc(-c2ccc3c(c2)C[C@H](CNC(=O)CCC(=O)N(C)C)O3)cc1. The Morgan fingerprint density at radius 1 is 1.11 bits per heavy atom. The second-order valence-corrected chi connectivity index (χ2v) is 7.97. The van der Waals surface area contributed by atoms with Crippen LogP contribution >= 0.6 is 11.8 Å². The van der Waals surface area contributed by atoms with Crippen molar-refractivity contribution in [2.45, 2.75) is 30.3 Å². The molecule has 2 aromatic carbocycles. The van der Waals surface area contributed by atoms with Crippen LogP contribution in [0.1, 0.15) is 18.4 Å². The lowest BCUT2D eigenvalue weighted by atomic mass is 10.0. The van der Waals surface area contributed by atoms with Gasteiger partial charge in [0.05, 0.1) is 6.54 Å². The second-order valence-electron chi connectivity index (χ2n) is 7.09. The molecule has 28 heavy (non-hydrogen) atoms. The summed E-state index contributed by atoms with van der Waals surface area (Å²) < 4.78 is 5.96. The number of ether oxygens (including phenoxy) is 1. The van der Waals surface area contributed by atoms with Gasteiger partial charge in [-0.3, -0.25) is 9.59 Å². The van der Waals surface area contributed by atoms with Gasteiger partial charge in [0.25, 0.3) is 0 Å². The van der Waals surface area contributed by atoms with Crippen molar-refractivity contribution in [1.29, 1.82) is 0 Å². The molecule has 0 aliphatic carbocycles. The molecular weight excluding hydrogens is 372 g/mol. The minimum atomic E-state index is -0.121. The van der Waals surface area contributed by atoms with Crippen molar-refractivity contribution in [1.82, 2.24) is 10.2 Å². The first-order valence-electron chi connectivity index (χ1n) is 9.37. The van der Waals surface area contributed by atoms with E-state index in [0.717, 1.165) is 17.7 Å². The Balaban J connectivity index is 1.53. The highest BCUT2D eigenvalue weighted by Crippen LogP contribution is 2.33.